The second-order valence-electron chi connectivity index (χ2n) is 3.22. The van der Waals surface area contributed by atoms with Crippen molar-refractivity contribution < 1.29 is 14.6 Å². The Labute approximate surface area is 91.9 Å². The molecule has 1 unspecified atom stereocenters. The number of rotatable bonds is 2. The number of thiocarbonyl (C=S) groups is 1. The van der Waals surface area contributed by atoms with Crippen LogP contribution < -0.4 is 5.32 Å². The molecular weight excluding hydrogens is 214 g/mol. The molecular formula is C10H9NO3S. The van der Waals surface area contributed by atoms with E-state index in [9.17, 15) is 9.90 Å². The standard InChI is InChI=1S/C10H9NO3S/c12-7-4-2-1-3-6(7)5-8-9(13)11-10(15)14-8/h1-4,8,12H,5H2,(H,11,13,15). The minimum Gasteiger partial charge on any atom is -0.508 e. The Kier molecular flexibility index (Phi) is 2.55. The smallest absolute Gasteiger partial charge is 0.268 e. The van der Waals surface area contributed by atoms with Gasteiger partial charge in [-0.05, 0) is 23.8 Å². The van der Waals surface area contributed by atoms with Crippen molar-refractivity contribution in [3.05, 3.63) is 29.8 Å². The SMILES string of the molecule is O=C1NC(=S)OC1Cc1ccccc1O. The summed E-state index contributed by atoms with van der Waals surface area (Å²) < 4.78 is 5.09. The number of para-hydroxylation sites is 1. The Balaban J connectivity index is 2.13. The number of carbonyl (C=O) groups is 1. The van der Waals surface area contributed by atoms with E-state index in [0.29, 0.717) is 12.0 Å². The van der Waals surface area contributed by atoms with Crippen molar-refractivity contribution in [2.45, 2.75) is 12.5 Å². The summed E-state index contributed by atoms with van der Waals surface area (Å²) in [5.41, 5.74) is 0.669. The average Bonchev–Trinajstić information content (AvgIpc) is 2.49. The number of benzene rings is 1. The minimum absolute atomic E-state index is 0.0976. The lowest BCUT2D eigenvalue weighted by Gasteiger charge is -2.07. The summed E-state index contributed by atoms with van der Waals surface area (Å²) in [5.74, 6) is -0.102. The van der Waals surface area contributed by atoms with Gasteiger partial charge in [-0.15, -0.1) is 0 Å². The Morgan fingerprint density at radius 1 is 1.47 bits per heavy atom. The van der Waals surface area contributed by atoms with Gasteiger partial charge in [-0.3, -0.25) is 10.1 Å². The molecule has 1 amide bonds. The summed E-state index contributed by atoms with van der Waals surface area (Å²) >= 11 is 4.71. The number of aromatic hydroxyl groups is 1. The molecule has 1 heterocycles. The third-order valence-corrected chi connectivity index (χ3v) is 2.36. The van der Waals surface area contributed by atoms with Crippen LogP contribution in [0, 0.1) is 0 Å². The predicted octanol–water partition coefficient (Wildman–Crippen LogP) is 0.735. The maximum Gasteiger partial charge on any atom is 0.268 e. The van der Waals surface area contributed by atoms with E-state index in [1.165, 1.54) is 0 Å². The first-order chi connectivity index (χ1) is 7.16. The zero-order valence-electron chi connectivity index (χ0n) is 7.77. The first kappa shape index (κ1) is 9.92. The number of phenols is 1. The maximum absolute atomic E-state index is 11.3. The van der Waals surface area contributed by atoms with Gasteiger partial charge in [0.1, 0.15) is 5.75 Å². The average molecular weight is 223 g/mol. The Bertz CT molecular complexity index is 419. The molecule has 5 heteroatoms. The Morgan fingerprint density at radius 2 is 2.20 bits per heavy atom. The van der Waals surface area contributed by atoms with Crippen LogP contribution >= 0.6 is 12.2 Å². The Hall–Kier alpha value is -1.62. The highest BCUT2D eigenvalue weighted by molar-refractivity contribution is 7.80. The third kappa shape index (κ3) is 2.07. The molecule has 0 spiro atoms. The lowest BCUT2D eigenvalue weighted by molar-refractivity contribution is -0.123. The zero-order chi connectivity index (χ0) is 10.8. The summed E-state index contributed by atoms with van der Waals surface area (Å²) in [6.07, 6.45) is -0.315. The zero-order valence-corrected chi connectivity index (χ0v) is 8.58. The van der Waals surface area contributed by atoms with Crippen molar-refractivity contribution in [2.24, 2.45) is 0 Å². The van der Waals surface area contributed by atoms with Crippen molar-refractivity contribution in [3.63, 3.8) is 0 Å². The molecule has 1 atom stereocenters. The van der Waals surface area contributed by atoms with E-state index in [1.807, 2.05) is 0 Å². The number of hydrogen-bond acceptors (Lipinski definition) is 4. The molecule has 0 radical (unpaired) electrons. The highest BCUT2D eigenvalue weighted by Crippen LogP contribution is 2.19. The summed E-state index contributed by atoms with van der Waals surface area (Å²) in [4.78, 5) is 11.3. The fourth-order valence-corrected chi connectivity index (χ4v) is 1.63. The van der Waals surface area contributed by atoms with Gasteiger partial charge < -0.3 is 9.84 Å². The molecule has 0 saturated carbocycles. The van der Waals surface area contributed by atoms with Gasteiger partial charge in [-0.2, -0.15) is 0 Å². The maximum atomic E-state index is 11.3. The third-order valence-electron chi connectivity index (χ3n) is 2.16. The molecule has 78 valence electrons. The van der Waals surface area contributed by atoms with Crippen molar-refractivity contribution in [1.29, 1.82) is 0 Å². The highest BCUT2D eigenvalue weighted by Gasteiger charge is 2.30. The first-order valence-corrected chi connectivity index (χ1v) is 4.86. The van der Waals surface area contributed by atoms with Crippen LogP contribution in [0.1, 0.15) is 5.56 Å². The lowest BCUT2D eigenvalue weighted by Crippen LogP contribution is -2.25. The summed E-state index contributed by atoms with van der Waals surface area (Å²) in [5, 5.41) is 12.0. The van der Waals surface area contributed by atoms with Gasteiger partial charge >= 0.3 is 0 Å². The van der Waals surface area contributed by atoms with Gasteiger partial charge in [0.2, 0.25) is 0 Å². The van der Waals surface area contributed by atoms with E-state index in [2.05, 4.69) is 5.32 Å². The van der Waals surface area contributed by atoms with E-state index in [4.69, 9.17) is 17.0 Å². The fraction of sp³-hybridized carbons (Fsp3) is 0.200. The van der Waals surface area contributed by atoms with E-state index in [-0.39, 0.29) is 16.8 Å². The van der Waals surface area contributed by atoms with Crippen LogP contribution in [-0.2, 0) is 16.0 Å². The molecule has 2 N–H and O–H groups in total. The number of phenolic OH excluding ortho intramolecular Hbond substituents is 1. The van der Waals surface area contributed by atoms with Crippen LogP contribution in [0.3, 0.4) is 0 Å². The second kappa shape index (κ2) is 3.86. The van der Waals surface area contributed by atoms with Crippen molar-refractivity contribution >= 4 is 23.3 Å². The van der Waals surface area contributed by atoms with Gasteiger partial charge in [-0.25, -0.2) is 0 Å². The monoisotopic (exact) mass is 223 g/mol. The van der Waals surface area contributed by atoms with Crippen LogP contribution in [0.2, 0.25) is 0 Å². The van der Waals surface area contributed by atoms with Gasteiger partial charge in [-0.1, -0.05) is 18.2 Å². The van der Waals surface area contributed by atoms with Crippen LogP contribution in [0.5, 0.6) is 5.75 Å². The molecule has 2 rings (SSSR count). The van der Waals surface area contributed by atoms with Gasteiger partial charge in [0.05, 0.1) is 0 Å². The van der Waals surface area contributed by atoms with Crippen LogP contribution in [-0.4, -0.2) is 22.3 Å². The lowest BCUT2D eigenvalue weighted by atomic mass is 10.1. The van der Waals surface area contributed by atoms with Gasteiger partial charge in [0.15, 0.2) is 6.10 Å². The molecule has 1 fully saturated rings. The van der Waals surface area contributed by atoms with Gasteiger partial charge in [0.25, 0.3) is 11.1 Å². The predicted molar refractivity (Wildman–Crippen MR) is 57.4 cm³/mol. The number of hydrogen-bond donors (Lipinski definition) is 2. The summed E-state index contributed by atoms with van der Waals surface area (Å²) in [7, 11) is 0. The largest absolute Gasteiger partial charge is 0.508 e. The number of ether oxygens (including phenoxy) is 1. The molecule has 1 aromatic rings. The quantitative estimate of drug-likeness (QED) is 0.726. The number of carbonyl (C=O) groups excluding carboxylic acids is 1. The molecule has 0 aromatic heterocycles. The molecule has 4 nitrogen and oxygen atoms in total. The topological polar surface area (TPSA) is 58.6 Å². The summed E-state index contributed by atoms with van der Waals surface area (Å²) in [6, 6.07) is 6.83. The molecule has 1 aliphatic rings. The minimum atomic E-state index is -0.634. The van der Waals surface area contributed by atoms with Gasteiger partial charge in [0, 0.05) is 6.42 Å². The number of nitrogens with one attached hydrogen (secondary N) is 1. The van der Waals surface area contributed by atoms with E-state index in [0.717, 1.165) is 0 Å². The van der Waals surface area contributed by atoms with Crippen LogP contribution in [0.25, 0.3) is 0 Å². The second-order valence-corrected chi connectivity index (χ2v) is 3.59. The van der Waals surface area contributed by atoms with E-state index < -0.39 is 6.10 Å². The molecule has 15 heavy (non-hydrogen) atoms. The van der Waals surface area contributed by atoms with Crippen LogP contribution in [0.4, 0.5) is 0 Å². The van der Waals surface area contributed by atoms with Crippen molar-refractivity contribution in [1.82, 2.24) is 5.32 Å². The van der Waals surface area contributed by atoms with E-state index >= 15 is 0 Å². The normalized spacial score (nSPS) is 19.9. The summed E-state index contributed by atoms with van der Waals surface area (Å²) in [6.45, 7) is 0. The molecule has 1 aliphatic heterocycles. The highest BCUT2D eigenvalue weighted by atomic mass is 32.1. The molecule has 1 aromatic carbocycles. The molecule has 0 aliphatic carbocycles. The fourth-order valence-electron chi connectivity index (χ4n) is 1.41. The first-order valence-electron chi connectivity index (χ1n) is 4.45. The Morgan fingerprint density at radius 3 is 2.80 bits per heavy atom. The van der Waals surface area contributed by atoms with E-state index in [1.54, 1.807) is 24.3 Å². The van der Waals surface area contributed by atoms with Crippen molar-refractivity contribution in [2.75, 3.05) is 0 Å². The molecule has 1 saturated heterocycles. The van der Waals surface area contributed by atoms with Crippen molar-refractivity contribution in [3.8, 4) is 5.75 Å². The molecule has 0 bridgehead atoms. The van der Waals surface area contributed by atoms with Crippen LogP contribution in [0.15, 0.2) is 24.3 Å². The number of amides is 1.